The Balaban J connectivity index is 2.61. The van der Waals surface area contributed by atoms with Crippen molar-refractivity contribution in [3.8, 4) is 11.3 Å². The lowest BCUT2D eigenvalue weighted by molar-refractivity contribution is -0.137. The third kappa shape index (κ3) is 2.53. The maximum Gasteiger partial charge on any atom is 0.417 e. The van der Waals surface area contributed by atoms with E-state index in [4.69, 9.17) is 17.3 Å². The van der Waals surface area contributed by atoms with E-state index in [1.54, 1.807) is 0 Å². The minimum absolute atomic E-state index is 0.0187. The number of nitrogen functional groups attached to an aromatic ring is 1. The van der Waals surface area contributed by atoms with E-state index in [9.17, 15) is 13.2 Å². The number of nitrogens with zero attached hydrogens (tertiary/aromatic N) is 1. The highest BCUT2D eigenvalue weighted by molar-refractivity contribution is 7.13. The van der Waals surface area contributed by atoms with Gasteiger partial charge < -0.3 is 5.73 Å². The first-order valence-electron chi connectivity index (χ1n) is 4.46. The zero-order chi connectivity index (χ0) is 12.6. The van der Waals surface area contributed by atoms with Crippen LogP contribution in [0.4, 0.5) is 18.3 Å². The van der Waals surface area contributed by atoms with Crippen LogP contribution < -0.4 is 5.73 Å². The van der Waals surface area contributed by atoms with Gasteiger partial charge in [-0.05, 0) is 12.1 Å². The summed E-state index contributed by atoms with van der Waals surface area (Å²) in [4.78, 5) is 3.84. The summed E-state index contributed by atoms with van der Waals surface area (Å²) in [5.74, 6) is 0. The third-order valence-electron chi connectivity index (χ3n) is 2.08. The van der Waals surface area contributed by atoms with Crippen molar-refractivity contribution in [1.82, 2.24) is 4.98 Å². The summed E-state index contributed by atoms with van der Waals surface area (Å²) in [5.41, 5.74) is 4.78. The van der Waals surface area contributed by atoms with Crippen LogP contribution in [0.15, 0.2) is 23.6 Å². The van der Waals surface area contributed by atoms with Gasteiger partial charge in [0, 0.05) is 16.0 Å². The summed E-state index contributed by atoms with van der Waals surface area (Å²) in [5, 5.41) is 1.74. The Labute approximate surface area is 104 Å². The van der Waals surface area contributed by atoms with Gasteiger partial charge >= 0.3 is 6.18 Å². The molecule has 0 saturated carbocycles. The molecule has 0 fully saturated rings. The second kappa shape index (κ2) is 4.19. The van der Waals surface area contributed by atoms with Crippen molar-refractivity contribution in [3.63, 3.8) is 0 Å². The predicted octanol–water partition coefficient (Wildman–Crippen LogP) is 4.06. The zero-order valence-electron chi connectivity index (χ0n) is 8.25. The second-order valence-electron chi connectivity index (χ2n) is 3.26. The van der Waals surface area contributed by atoms with Crippen molar-refractivity contribution in [1.29, 1.82) is 0 Å². The van der Waals surface area contributed by atoms with Crippen LogP contribution in [0.3, 0.4) is 0 Å². The first-order valence-corrected chi connectivity index (χ1v) is 5.72. The van der Waals surface area contributed by atoms with Gasteiger partial charge in [0.15, 0.2) is 5.13 Å². The smallest absolute Gasteiger partial charge is 0.375 e. The molecule has 0 unspecified atom stereocenters. The topological polar surface area (TPSA) is 38.9 Å². The first kappa shape index (κ1) is 12.2. The maximum absolute atomic E-state index is 12.8. The Morgan fingerprint density at radius 3 is 2.53 bits per heavy atom. The average Bonchev–Trinajstić information content (AvgIpc) is 2.63. The highest BCUT2D eigenvalue weighted by Crippen LogP contribution is 2.38. The van der Waals surface area contributed by atoms with Crippen LogP contribution in [-0.2, 0) is 6.18 Å². The van der Waals surface area contributed by atoms with Crippen LogP contribution in [0, 0.1) is 0 Å². The minimum atomic E-state index is -4.47. The fraction of sp³-hybridized carbons (Fsp3) is 0.100. The van der Waals surface area contributed by atoms with E-state index < -0.39 is 11.7 Å². The minimum Gasteiger partial charge on any atom is -0.375 e. The van der Waals surface area contributed by atoms with Crippen molar-refractivity contribution in [2.75, 3.05) is 5.73 Å². The van der Waals surface area contributed by atoms with Gasteiger partial charge in [0.2, 0.25) is 0 Å². The molecular formula is C10H6ClF3N2S. The Morgan fingerprint density at radius 2 is 2.00 bits per heavy atom. The van der Waals surface area contributed by atoms with Gasteiger partial charge in [0.25, 0.3) is 0 Å². The van der Waals surface area contributed by atoms with Crippen LogP contribution in [0.5, 0.6) is 0 Å². The Hall–Kier alpha value is -1.27. The molecule has 0 saturated heterocycles. The number of nitrogens with two attached hydrogens (primary N) is 1. The molecule has 0 bridgehead atoms. The van der Waals surface area contributed by atoms with Gasteiger partial charge in [-0.25, -0.2) is 4.98 Å². The highest BCUT2D eigenvalue weighted by Gasteiger charge is 2.34. The number of anilines is 1. The highest BCUT2D eigenvalue weighted by atomic mass is 35.5. The van der Waals surface area contributed by atoms with E-state index in [1.165, 1.54) is 17.5 Å². The number of alkyl halides is 3. The Morgan fingerprint density at radius 1 is 1.29 bits per heavy atom. The van der Waals surface area contributed by atoms with Crippen molar-refractivity contribution < 1.29 is 13.2 Å². The molecule has 0 atom stereocenters. The molecule has 0 aliphatic heterocycles. The number of rotatable bonds is 1. The largest absolute Gasteiger partial charge is 0.417 e. The molecular weight excluding hydrogens is 273 g/mol. The Kier molecular flexibility index (Phi) is 3.01. The SMILES string of the molecule is Nc1nc(-c2ccc(Cl)cc2C(F)(F)F)cs1. The molecule has 2 nitrogen and oxygen atoms in total. The summed E-state index contributed by atoms with van der Waals surface area (Å²) in [7, 11) is 0. The van der Waals surface area contributed by atoms with Crippen LogP contribution in [0.25, 0.3) is 11.3 Å². The average molecular weight is 279 g/mol. The van der Waals surface area contributed by atoms with Crippen LogP contribution in [0.2, 0.25) is 5.02 Å². The number of benzene rings is 1. The van der Waals surface area contributed by atoms with Gasteiger partial charge in [-0.3, -0.25) is 0 Å². The van der Waals surface area contributed by atoms with Crippen molar-refractivity contribution in [2.24, 2.45) is 0 Å². The number of hydrogen-bond acceptors (Lipinski definition) is 3. The number of thiazole rings is 1. The molecule has 0 spiro atoms. The first-order chi connectivity index (χ1) is 7.88. The summed E-state index contributed by atoms with van der Waals surface area (Å²) in [6.07, 6.45) is -4.47. The maximum atomic E-state index is 12.8. The Bertz CT molecular complexity index is 551. The molecule has 0 radical (unpaired) electrons. The van der Waals surface area contributed by atoms with E-state index in [0.717, 1.165) is 17.4 Å². The molecule has 1 aromatic heterocycles. The molecule has 7 heteroatoms. The zero-order valence-corrected chi connectivity index (χ0v) is 9.83. The van der Waals surface area contributed by atoms with Crippen molar-refractivity contribution >= 4 is 28.1 Å². The lowest BCUT2D eigenvalue weighted by Crippen LogP contribution is -2.07. The summed E-state index contributed by atoms with van der Waals surface area (Å²) in [6.45, 7) is 0. The van der Waals surface area contributed by atoms with Gasteiger partial charge in [-0.1, -0.05) is 17.7 Å². The fourth-order valence-electron chi connectivity index (χ4n) is 1.39. The monoisotopic (exact) mass is 278 g/mol. The summed E-state index contributed by atoms with van der Waals surface area (Å²) >= 11 is 6.66. The lowest BCUT2D eigenvalue weighted by atomic mass is 10.1. The lowest BCUT2D eigenvalue weighted by Gasteiger charge is -2.11. The second-order valence-corrected chi connectivity index (χ2v) is 4.58. The molecule has 0 aliphatic carbocycles. The number of hydrogen-bond donors (Lipinski definition) is 1. The van der Waals surface area contributed by atoms with E-state index >= 15 is 0 Å². The van der Waals surface area contributed by atoms with Gasteiger partial charge in [0.05, 0.1) is 11.3 Å². The number of halogens is 4. The van der Waals surface area contributed by atoms with Crippen LogP contribution in [0.1, 0.15) is 5.56 Å². The molecule has 0 amide bonds. The van der Waals surface area contributed by atoms with E-state index in [-0.39, 0.29) is 21.4 Å². The molecule has 17 heavy (non-hydrogen) atoms. The van der Waals surface area contributed by atoms with E-state index in [2.05, 4.69) is 4.98 Å². The molecule has 2 N–H and O–H groups in total. The standard InChI is InChI=1S/C10H6ClF3N2S/c11-5-1-2-6(7(3-5)10(12,13)14)8-4-17-9(15)16-8/h1-4H,(H2,15,16). The molecule has 1 heterocycles. The van der Waals surface area contributed by atoms with Gasteiger partial charge in [-0.15, -0.1) is 11.3 Å². The molecule has 0 aliphatic rings. The quantitative estimate of drug-likeness (QED) is 0.854. The molecule has 1 aromatic carbocycles. The van der Waals surface area contributed by atoms with E-state index in [0.29, 0.717) is 0 Å². The van der Waals surface area contributed by atoms with Gasteiger partial charge in [0.1, 0.15) is 0 Å². The van der Waals surface area contributed by atoms with E-state index in [1.807, 2.05) is 0 Å². The fourth-order valence-corrected chi connectivity index (χ4v) is 2.12. The summed E-state index contributed by atoms with van der Waals surface area (Å²) < 4.78 is 38.4. The van der Waals surface area contributed by atoms with Gasteiger partial charge in [-0.2, -0.15) is 13.2 Å². The third-order valence-corrected chi connectivity index (χ3v) is 2.99. The van der Waals surface area contributed by atoms with Crippen LogP contribution >= 0.6 is 22.9 Å². The van der Waals surface area contributed by atoms with Crippen LogP contribution in [-0.4, -0.2) is 4.98 Å². The normalized spacial score (nSPS) is 11.8. The van der Waals surface area contributed by atoms with Crippen molar-refractivity contribution in [3.05, 3.63) is 34.2 Å². The molecule has 90 valence electrons. The summed E-state index contributed by atoms with van der Waals surface area (Å²) in [6, 6.07) is 3.56. The number of aromatic nitrogens is 1. The molecule has 2 rings (SSSR count). The molecule has 2 aromatic rings. The predicted molar refractivity (Wildman–Crippen MR) is 62.0 cm³/mol. The van der Waals surface area contributed by atoms with Crippen molar-refractivity contribution in [2.45, 2.75) is 6.18 Å².